The zero-order chi connectivity index (χ0) is 22.3. The lowest BCUT2D eigenvalue weighted by molar-refractivity contribution is 0.443. The molecule has 1 aromatic rings. The van der Waals surface area contributed by atoms with Gasteiger partial charge < -0.3 is 4.90 Å². The van der Waals surface area contributed by atoms with Gasteiger partial charge in [0.25, 0.3) is 0 Å². The summed E-state index contributed by atoms with van der Waals surface area (Å²) in [6.45, 7) is -11.1. The van der Waals surface area contributed by atoms with Gasteiger partial charge in [-0.3, -0.25) is 0 Å². The lowest BCUT2D eigenvalue weighted by Gasteiger charge is -2.31. The molecule has 0 aliphatic carbocycles. The summed E-state index contributed by atoms with van der Waals surface area (Å²) in [5.41, 5.74) is 0. The molecule has 1 saturated heterocycles. The number of aromatic nitrogens is 2. The fourth-order valence-corrected chi connectivity index (χ4v) is 0.948. The molecule has 0 bridgehead atoms. The van der Waals surface area contributed by atoms with E-state index in [0.29, 0.717) is 0 Å². The largest absolute Gasteiger partial charge is 0.355 e. The van der Waals surface area contributed by atoms with Crippen molar-refractivity contribution >= 4 is 21.7 Å². The first-order valence-corrected chi connectivity index (χ1v) is 4.30. The van der Waals surface area contributed by atoms with Crippen LogP contribution in [0.1, 0.15) is 38.8 Å². The summed E-state index contributed by atoms with van der Waals surface area (Å²) in [6, 6.07) is -1.59. The van der Waals surface area contributed by atoms with Crippen molar-refractivity contribution < 1.29 is 19.2 Å². The van der Waals surface area contributed by atoms with Crippen molar-refractivity contribution in [1.29, 1.82) is 0 Å². The molecular formula is C10H14BrN3. The molecule has 0 spiro atoms. The van der Waals surface area contributed by atoms with Crippen LogP contribution in [0.2, 0.25) is 0 Å². The average molecular weight is 270 g/mol. The molecule has 1 unspecified atom stereocenters. The molecule has 1 aromatic heterocycles. The van der Waals surface area contributed by atoms with Gasteiger partial charge in [0.2, 0.25) is 0 Å². The molecule has 0 N–H and O–H groups in total. The van der Waals surface area contributed by atoms with Crippen LogP contribution in [-0.4, -0.2) is 23.2 Å². The van der Waals surface area contributed by atoms with Crippen LogP contribution in [0.3, 0.4) is 0 Å². The highest BCUT2D eigenvalue weighted by Crippen LogP contribution is 2.20. The van der Waals surface area contributed by atoms with Gasteiger partial charge in [0.1, 0.15) is 4.60 Å². The fourth-order valence-electron chi connectivity index (χ4n) is 0.769. The van der Waals surface area contributed by atoms with E-state index >= 15 is 0 Å². The van der Waals surface area contributed by atoms with E-state index in [9.17, 15) is 0 Å². The van der Waals surface area contributed by atoms with E-state index in [1.54, 1.807) is 0 Å². The van der Waals surface area contributed by atoms with E-state index in [4.69, 9.17) is 19.2 Å². The Labute approximate surface area is 112 Å². The fraction of sp³-hybridized carbons (Fsp3) is 0.600. The number of hydrogen-bond donors (Lipinski definition) is 0. The van der Waals surface area contributed by atoms with Gasteiger partial charge in [-0.25, -0.2) is 0 Å². The minimum Gasteiger partial charge on any atom is -0.355 e. The van der Waals surface area contributed by atoms with Crippen molar-refractivity contribution in [3.8, 4) is 0 Å². The van der Waals surface area contributed by atoms with E-state index < -0.39 is 56.4 Å². The highest BCUT2D eigenvalue weighted by atomic mass is 79.9. The Balaban J connectivity index is 3.00. The Bertz CT molecular complexity index is 807. The van der Waals surface area contributed by atoms with Crippen molar-refractivity contribution in [3.05, 3.63) is 16.7 Å². The second-order valence-electron chi connectivity index (χ2n) is 2.25. The Morgan fingerprint density at radius 3 is 3.57 bits per heavy atom. The maximum atomic E-state index is 8.23. The second-order valence-corrected chi connectivity index (χ2v) is 3.00. The molecule has 1 fully saturated rings. The Kier molecular flexibility index (Phi) is 0.771. The first kappa shape index (κ1) is 2.54. The van der Waals surface area contributed by atoms with Gasteiger partial charge in [0, 0.05) is 29.4 Å². The van der Waals surface area contributed by atoms with Crippen molar-refractivity contribution in [2.24, 2.45) is 5.89 Å². The summed E-state index contributed by atoms with van der Waals surface area (Å²) in [6.07, 6.45) is -7.59. The van der Waals surface area contributed by atoms with Gasteiger partial charge in [0.05, 0.1) is 2.74 Å². The van der Waals surface area contributed by atoms with E-state index in [2.05, 4.69) is 26.1 Å². The van der Waals surface area contributed by atoms with Crippen molar-refractivity contribution in [3.63, 3.8) is 0 Å². The number of halogens is 1. The van der Waals surface area contributed by atoms with Crippen LogP contribution in [0.15, 0.2) is 16.7 Å². The van der Waals surface area contributed by atoms with Crippen LogP contribution in [-0.2, 0) is 0 Å². The van der Waals surface area contributed by atoms with Gasteiger partial charge in [-0.05, 0) is 46.7 Å². The smallest absolute Gasteiger partial charge is 0.151 e. The monoisotopic (exact) mass is 269 g/mol. The van der Waals surface area contributed by atoms with E-state index in [0.717, 1.165) is 0 Å². The van der Waals surface area contributed by atoms with Gasteiger partial charge in [-0.15, -0.1) is 10.2 Å². The summed E-state index contributed by atoms with van der Waals surface area (Å²) in [5, 5.41) is 6.81. The van der Waals surface area contributed by atoms with Gasteiger partial charge in [-0.1, -0.05) is 6.85 Å². The molecule has 0 radical (unpaired) electrons. The SMILES string of the molecule is [2H]c1c(Br)nnc(N2C([2H])([2H])C([2H])([2H])C([2H])([2H])C([2H])(C([2H])([2H])[2H])C2([2H])[2H])c1[2H]. The van der Waals surface area contributed by atoms with Crippen molar-refractivity contribution in [1.82, 2.24) is 10.2 Å². The van der Waals surface area contributed by atoms with Crippen molar-refractivity contribution in [2.75, 3.05) is 17.9 Å². The van der Waals surface area contributed by atoms with E-state index in [1.165, 1.54) is 0 Å². The maximum Gasteiger partial charge on any atom is 0.151 e. The number of piperidine rings is 1. The first-order chi connectivity index (χ1) is 12.2. The highest BCUT2D eigenvalue weighted by molar-refractivity contribution is 9.10. The standard InChI is InChI=1S/C10H14BrN3/c1-8-3-2-6-14(7-8)10-5-4-9(11)12-13-10/h4-5,8H,2-3,6-7H2,1H3/i1D3,2D2,3D2,4D,5D,6D2,7D2,8D. The minimum absolute atomic E-state index is 0.208. The molecule has 3 nitrogen and oxygen atoms in total. The number of hydrogen-bond acceptors (Lipinski definition) is 3. The van der Waals surface area contributed by atoms with Crippen LogP contribution in [0.25, 0.3) is 0 Å². The molecular weight excluding hydrogens is 242 g/mol. The molecule has 2 heterocycles. The number of nitrogens with zero attached hydrogens (tertiary/aromatic N) is 3. The third-order valence-electron chi connectivity index (χ3n) is 1.30. The Morgan fingerprint density at radius 1 is 1.79 bits per heavy atom. The minimum atomic E-state index is -3.84. The topological polar surface area (TPSA) is 29.0 Å². The summed E-state index contributed by atoms with van der Waals surface area (Å²) >= 11 is 2.81. The molecule has 0 aromatic carbocycles. The average Bonchev–Trinajstić information content (AvgIpc) is 2.51. The molecule has 2 rings (SSSR count). The van der Waals surface area contributed by atoms with E-state index in [-0.39, 0.29) is 9.50 Å². The van der Waals surface area contributed by atoms with Crippen molar-refractivity contribution in [2.45, 2.75) is 19.6 Å². The Morgan fingerprint density at radius 2 is 2.71 bits per heavy atom. The quantitative estimate of drug-likeness (QED) is 0.785. The third-order valence-corrected chi connectivity index (χ3v) is 1.66. The molecule has 14 heavy (non-hydrogen) atoms. The summed E-state index contributed by atoms with van der Waals surface area (Å²) in [4.78, 5) is -0.208. The van der Waals surface area contributed by atoms with Crippen LogP contribution in [0.4, 0.5) is 5.82 Å². The van der Waals surface area contributed by atoms with Gasteiger partial charge in [0.15, 0.2) is 5.82 Å². The van der Waals surface area contributed by atoms with Crippen LogP contribution in [0, 0.1) is 5.89 Å². The lowest BCUT2D eigenvalue weighted by Crippen LogP contribution is -2.34. The zero-order valence-electron chi connectivity index (χ0n) is 20.7. The van der Waals surface area contributed by atoms with Crippen LogP contribution in [0.5, 0.6) is 0 Å². The first-order valence-electron chi connectivity index (χ1n) is 10.5. The molecule has 1 aliphatic rings. The molecule has 0 saturated carbocycles. The van der Waals surface area contributed by atoms with Gasteiger partial charge >= 0.3 is 0 Å². The Hall–Kier alpha value is -0.640. The normalized spacial score (nSPS) is 57.6. The molecule has 1 atom stereocenters. The maximum absolute atomic E-state index is 8.23. The molecule has 0 amide bonds. The third kappa shape index (κ3) is 2.23. The zero-order valence-corrected chi connectivity index (χ0v) is 8.31. The van der Waals surface area contributed by atoms with Crippen LogP contribution < -0.4 is 4.90 Å². The number of anilines is 1. The van der Waals surface area contributed by atoms with Gasteiger partial charge in [-0.2, -0.15) is 0 Å². The molecule has 1 aliphatic heterocycles. The highest BCUT2D eigenvalue weighted by Gasteiger charge is 2.17. The summed E-state index contributed by atoms with van der Waals surface area (Å²) in [5.74, 6) is -4.88. The second kappa shape index (κ2) is 4.26. The number of rotatable bonds is 1. The van der Waals surface area contributed by atoms with E-state index in [1.807, 2.05) is 0 Å². The lowest BCUT2D eigenvalue weighted by atomic mass is 10.0. The summed E-state index contributed by atoms with van der Waals surface area (Å²) < 4.78 is 111. The molecule has 76 valence electrons. The van der Waals surface area contributed by atoms with Crippen LogP contribution >= 0.6 is 15.9 Å². The summed E-state index contributed by atoms with van der Waals surface area (Å²) in [7, 11) is 0. The predicted octanol–water partition coefficient (Wildman–Crippen LogP) is 2.48. The molecule has 4 heteroatoms. The predicted molar refractivity (Wildman–Crippen MR) is 60.3 cm³/mol.